The van der Waals surface area contributed by atoms with E-state index in [1.807, 2.05) is 43.3 Å². The number of aryl methyl sites for hydroxylation is 1. The molecule has 0 saturated heterocycles. The largest absolute Gasteiger partial charge is 0.344 e. The summed E-state index contributed by atoms with van der Waals surface area (Å²) in [4.78, 5) is 39.1. The number of rotatable bonds is 11. The monoisotopic (exact) mass is 407 g/mol. The Labute approximate surface area is 167 Å². The van der Waals surface area contributed by atoms with Crippen molar-refractivity contribution in [3.63, 3.8) is 0 Å². The lowest BCUT2D eigenvalue weighted by atomic mass is 10.0. The van der Waals surface area contributed by atoms with Crippen molar-refractivity contribution in [3.8, 4) is 0 Å². The Hall–Kier alpha value is -2.79. The van der Waals surface area contributed by atoms with Gasteiger partial charge in [0, 0.05) is 24.9 Å². The summed E-state index contributed by atoms with van der Waals surface area (Å²) in [7, 11) is 1.86. The highest BCUT2D eigenvalue weighted by Gasteiger charge is 2.22. The predicted octanol–water partition coefficient (Wildman–Crippen LogP) is 1.10. The normalized spacial score (nSPS) is 11.6. The van der Waals surface area contributed by atoms with E-state index in [0.717, 1.165) is 11.4 Å². The lowest BCUT2D eigenvalue weighted by molar-refractivity contribution is -0.154. The van der Waals surface area contributed by atoms with Crippen LogP contribution in [0.25, 0.3) is 0 Å². The Morgan fingerprint density at radius 1 is 1.36 bits per heavy atom. The molecule has 2 heterocycles. The Kier molecular flexibility index (Phi) is 8.08. The summed E-state index contributed by atoms with van der Waals surface area (Å²) in [5.74, 6) is 0.287. The van der Waals surface area contributed by atoms with Gasteiger partial charge in [-0.3, -0.25) is 25.6 Å². The molecular formula is C17H25N7O3S. The second-order valence-electron chi connectivity index (χ2n) is 6.07. The molecule has 11 heteroatoms. The van der Waals surface area contributed by atoms with Gasteiger partial charge in [0.05, 0.1) is 12.5 Å². The highest BCUT2D eigenvalue weighted by Crippen LogP contribution is 2.16. The number of carbonyl (C=O) groups excluding carboxylic acids is 2. The molecule has 10 nitrogen and oxygen atoms in total. The van der Waals surface area contributed by atoms with E-state index < -0.39 is 11.8 Å². The van der Waals surface area contributed by atoms with E-state index in [2.05, 4.69) is 25.8 Å². The first kappa shape index (κ1) is 21.5. The van der Waals surface area contributed by atoms with Crippen molar-refractivity contribution >= 4 is 35.6 Å². The van der Waals surface area contributed by atoms with Gasteiger partial charge in [-0.15, -0.1) is 11.3 Å². The molecule has 2 aromatic heterocycles. The van der Waals surface area contributed by atoms with Crippen LogP contribution in [0.15, 0.2) is 17.5 Å². The van der Waals surface area contributed by atoms with E-state index in [9.17, 15) is 14.8 Å². The third-order valence-electron chi connectivity index (χ3n) is 4.03. The quantitative estimate of drug-likeness (QED) is 0.287. The van der Waals surface area contributed by atoms with E-state index in [1.165, 1.54) is 11.3 Å². The van der Waals surface area contributed by atoms with Crippen LogP contribution >= 0.6 is 11.3 Å². The number of aromatic nitrogens is 3. The van der Waals surface area contributed by atoms with Gasteiger partial charge < -0.3 is 4.90 Å². The molecule has 0 fully saturated rings. The average Bonchev–Trinajstić information content (AvgIpc) is 3.23. The molecule has 0 unspecified atom stereocenters. The number of hydroxylamine groups is 2. The Morgan fingerprint density at radius 2 is 2.14 bits per heavy atom. The molecule has 0 aliphatic carbocycles. The zero-order valence-electron chi connectivity index (χ0n) is 16.1. The van der Waals surface area contributed by atoms with E-state index in [0.29, 0.717) is 29.7 Å². The van der Waals surface area contributed by atoms with Crippen LogP contribution in [-0.2, 0) is 22.4 Å². The predicted molar refractivity (Wildman–Crippen MR) is 106 cm³/mol. The molecule has 0 bridgehead atoms. The van der Waals surface area contributed by atoms with Crippen LogP contribution in [-0.4, -0.2) is 57.7 Å². The maximum Gasteiger partial charge on any atom is 0.246 e. The topological polar surface area (TPSA) is 124 Å². The first-order chi connectivity index (χ1) is 13.5. The molecule has 2 amide bonds. The van der Waals surface area contributed by atoms with Crippen LogP contribution in [0, 0.1) is 5.92 Å². The SMILES string of the molecule is CCc1nc(NNC(=O)[C@H](Cc2cccs2)CN(O)C=O)nc(N(C)CC)n1. The number of amides is 2. The van der Waals surface area contributed by atoms with E-state index in [-0.39, 0.29) is 18.9 Å². The summed E-state index contributed by atoms with van der Waals surface area (Å²) in [6.07, 6.45) is 1.28. The number of anilines is 2. The summed E-state index contributed by atoms with van der Waals surface area (Å²) < 4.78 is 0. The fourth-order valence-electron chi connectivity index (χ4n) is 2.33. The van der Waals surface area contributed by atoms with Crippen molar-refractivity contribution in [2.24, 2.45) is 5.92 Å². The first-order valence-corrected chi connectivity index (χ1v) is 9.79. The van der Waals surface area contributed by atoms with Gasteiger partial charge in [-0.05, 0) is 24.8 Å². The summed E-state index contributed by atoms with van der Waals surface area (Å²) in [6, 6.07) is 3.78. The van der Waals surface area contributed by atoms with Gasteiger partial charge in [0.25, 0.3) is 0 Å². The molecule has 2 aromatic rings. The van der Waals surface area contributed by atoms with E-state index in [1.54, 1.807) is 0 Å². The van der Waals surface area contributed by atoms with Gasteiger partial charge in [-0.2, -0.15) is 15.0 Å². The molecule has 0 radical (unpaired) electrons. The number of nitrogens with zero attached hydrogens (tertiary/aromatic N) is 5. The number of hydrazine groups is 1. The molecule has 0 saturated carbocycles. The third kappa shape index (κ3) is 6.13. The number of hydrogen-bond acceptors (Lipinski definition) is 9. The fraction of sp³-hybridized carbons (Fsp3) is 0.471. The van der Waals surface area contributed by atoms with Crippen molar-refractivity contribution in [1.29, 1.82) is 0 Å². The Morgan fingerprint density at radius 3 is 2.75 bits per heavy atom. The van der Waals surface area contributed by atoms with Crippen LogP contribution in [0.1, 0.15) is 24.5 Å². The van der Waals surface area contributed by atoms with Crippen molar-refractivity contribution in [2.45, 2.75) is 26.7 Å². The Bertz CT molecular complexity index is 772. The molecule has 2 rings (SSSR count). The van der Waals surface area contributed by atoms with Crippen LogP contribution in [0.3, 0.4) is 0 Å². The second-order valence-corrected chi connectivity index (χ2v) is 7.10. The first-order valence-electron chi connectivity index (χ1n) is 8.91. The van der Waals surface area contributed by atoms with Crippen LogP contribution < -0.4 is 15.8 Å². The summed E-state index contributed by atoms with van der Waals surface area (Å²) >= 11 is 1.50. The molecule has 0 aromatic carbocycles. The Balaban J connectivity index is 2.09. The average molecular weight is 408 g/mol. The zero-order chi connectivity index (χ0) is 20.5. The summed E-state index contributed by atoms with van der Waals surface area (Å²) in [5.41, 5.74) is 5.28. The van der Waals surface area contributed by atoms with E-state index in [4.69, 9.17) is 0 Å². The number of hydrogen-bond donors (Lipinski definition) is 3. The van der Waals surface area contributed by atoms with Crippen molar-refractivity contribution in [3.05, 3.63) is 28.2 Å². The maximum absolute atomic E-state index is 12.6. The molecule has 0 aliphatic heterocycles. The highest BCUT2D eigenvalue weighted by molar-refractivity contribution is 7.09. The van der Waals surface area contributed by atoms with Gasteiger partial charge >= 0.3 is 0 Å². The van der Waals surface area contributed by atoms with Gasteiger partial charge in [0.15, 0.2) is 0 Å². The second kappa shape index (κ2) is 10.5. The highest BCUT2D eigenvalue weighted by atomic mass is 32.1. The zero-order valence-corrected chi connectivity index (χ0v) is 16.9. The lowest BCUT2D eigenvalue weighted by Gasteiger charge is -2.20. The van der Waals surface area contributed by atoms with Crippen molar-refractivity contribution in [1.82, 2.24) is 25.4 Å². The number of nitrogens with one attached hydrogen (secondary N) is 2. The maximum atomic E-state index is 12.6. The van der Waals surface area contributed by atoms with Gasteiger partial charge in [-0.1, -0.05) is 13.0 Å². The van der Waals surface area contributed by atoms with Crippen LogP contribution in [0.2, 0.25) is 0 Å². The van der Waals surface area contributed by atoms with Crippen molar-refractivity contribution in [2.75, 3.05) is 30.5 Å². The summed E-state index contributed by atoms with van der Waals surface area (Å²) in [6.45, 7) is 4.50. The minimum absolute atomic E-state index is 0.129. The standard InChI is InChI=1S/C17H25N7O3S/c1-4-14-18-16(20-17(19-14)23(3)5-2)22-21-15(26)12(10-24(27)11-25)9-13-7-6-8-28-13/h6-8,11-12,27H,4-5,9-10H2,1-3H3,(H,21,26)(H,18,19,20,22)/t12-/m1/s1. The summed E-state index contributed by atoms with van der Waals surface area (Å²) in [5, 5.41) is 11.9. The van der Waals surface area contributed by atoms with E-state index >= 15 is 0 Å². The minimum Gasteiger partial charge on any atom is -0.344 e. The molecule has 1 atom stereocenters. The minimum atomic E-state index is -0.647. The van der Waals surface area contributed by atoms with Gasteiger partial charge in [0.1, 0.15) is 5.82 Å². The molecule has 152 valence electrons. The molecular weight excluding hydrogens is 382 g/mol. The van der Waals surface area contributed by atoms with Gasteiger partial charge in [-0.25, -0.2) is 5.06 Å². The molecule has 0 spiro atoms. The third-order valence-corrected chi connectivity index (χ3v) is 4.93. The molecule has 3 N–H and O–H groups in total. The number of carbonyl (C=O) groups is 2. The number of thiophene rings is 1. The van der Waals surface area contributed by atoms with Crippen LogP contribution in [0.5, 0.6) is 0 Å². The fourth-order valence-corrected chi connectivity index (χ4v) is 3.12. The smallest absolute Gasteiger partial charge is 0.246 e. The van der Waals surface area contributed by atoms with Gasteiger partial charge in [0.2, 0.25) is 24.2 Å². The van der Waals surface area contributed by atoms with Crippen molar-refractivity contribution < 1.29 is 14.8 Å². The molecule has 0 aliphatic rings. The van der Waals surface area contributed by atoms with Crippen LogP contribution in [0.4, 0.5) is 11.9 Å². The lowest BCUT2D eigenvalue weighted by Crippen LogP contribution is -2.41. The molecule has 28 heavy (non-hydrogen) atoms.